The molecule has 0 unspecified atom stereocenters. The van der Waals surface area contributed by atoms with Gasteiger partial charge in [0.25, 0.3) is 10.1 Å². The Bertz CT molecular complexity index is 754. The molecular formula is C21H30O4S. The minimum atomic E-state index is -3.29. The summed E-state index contributed by atoms with van der Waals surface area (Å²) in [5.41, 5.74) is 5.04. The van der Waals surface area contributed by atoms with Crippen molar-refractivity contribution in [1.82, 2.24) is 0 Å². The lowest BCUT2D eigenvalue weighted by molar-refractivity contribution is 0.288. The van der Waals surface area contributed by atoms with Crippen LogP contribution in [0.15, 0.2) is 48.5 Å². The molecule has 2 rings (SSSR count). The van der Waals surface area contributed by atoms with E-state index in [4.69, 9.17) is 5.11 Å². The van der Waals surface area contributed by atoms with Crippen LogP contribution >= 0.6 is 0 Å². The molecule has 4 nitrogen and oxygen atoms in total. The summed E-state index contributed by atoms with van der Waals surface area (Å²) >= 11 is 0. The van der Waals surface area contributed by atoms with E-state index in [1.807, 2.05) is 25.1 Å². The summed E-state index contributed by atoms with van der Waals surface area (Å²) in [6.07, 6.45) is 4.48. The number of benzene rings is 2. The van der Waals surface area contributed by atoms with Crippen LogP contribution in [-0.2, 0) is 27.1 Å². The van der Waals surface area contributed by atoms with Crippen LogP contribution in [0.2, 0.25) is 0 Å². The van der Waals surface area contributed by atoms with Gasteiger partial charge in [0.15, 0.2) is 0 Å². The van der Waals surface area contributed by atoms with Crippen molar-refractivity contribution in [2.45, 2.75) is 39.5 Å². The van der Waals surface area contributed by atoms with Gasteiger partial charge in [-0.05, 0) is 50.7 Å². The molecule has 1 N–H and O–H groups in total. The number of hydrogen-bond donors (Lipinski definition) is 1. The van der Waals surface area contributed by atoms with Crippen molar-refractivity contribution in [3.8, 4) is 0 Å². The van der Waals surface area contributed by atoms with Crippen molar-refractivity contribution >= 4 is 10.1 Å². The molecule has 0 saturated heterocycles. The van der Waals surface area contributed by atoms with E-state index in [0.29, 0.717) is 0 Å². The highest BCUT2D eigenvalue weighted by atomic mass is 32.2. The Morgan fingerprint density at radius 2 is 1.38 bits per heavy atom. The first-order valence-electron chi connectivity index (χ1n) is 8.86. The van der Waals surface area contributed by atoms with Crippen molar-refractivity contribution in [3.63, 3.8) is 0 Å². The molecule has 26 heavy (non-hydrogen) atoms. The Kier molecular flexibility index (Phi) is 10.2. The maximum absolute atomic E-state index is 10.7. The predicted molar refractivity (Wildman–Crippen MR) is 107 cm³/mol. The Morgan fingerprint density at radius 1 is 0.885 bits per heavy atom. The molecule has 0 aromatic heterocycles. The molecule has 0 heterocycles. The van der Waals surface area contributed by atoms with Crippen LogP contribution in [0.3, 0.4) is 0 Å². The smallest absolute Gasteiger partial charge is 0.264 e. The van der Waals surface area contributed by atoms with E-state index in [2.05, 4.69) is 41.4 Å². The zero-order chi connectivity index (χ0) is 19.4. The fourth-order valence-electron chi connectivity index (χ4n) is 2.51. The second-order valence-electron chi connectivity index (χ2n) is 6.43. The first-order chi connectivity index (χ1) is 12.3. The number of aliphatic hydroxyl groups is 1. The molecule has 0 bridgehead atoms. The van der Waals surface area contributed by atoms with Gasteiger partial charge in [-0.1, -0.05) is 59.7 Å². The molecule has 2 aromatic rings. The molecule has 0 aliphatic rings. The average molecular weight is 379 g/mol. The largest absolute Gasteiger partial charge is 0.396 e. The lowest BCUT2D eigenvalue weighted by Gasteiger charge is -2.02. The Balaban J connectivity index is 0.000000273. The predicted octanol–water partition coefficient (Wildman–Crippen LogP) is 3.82. The summed E-state index contributed by atoms with van der Waals surface area (Å²) in [7, 11) is -3.29. The van der Waals surface area contributed by atoms with E-state index in [0.717, 1.165) is 31.9 Å². The summed E-state index contributed by atoms with van der Waals surface area (Å²) < 4.78 is 26.0. The van der Waals surface area contributed by atoms with Crippen molar-refractivity contribution in [3.05, 3.63) is 70.8 Å². The van der Waals surface area contributed by atoms with Gasteiger partial charge in [-0.2, -0.15) is 8.42 Å². The van der Waals surface area contributed by atoms with Crippen LogP contribution in [0.25, 0.3) is 0 Å². The van der Waals surface area contributed by atoms with Crippen molar-refractivity contribution < 1.29 is 17.7 Å². The summed E-state index contributed by atoms with van der Waals surface area (Å²) in [6.45, 7) is 4.67. The molecule has 5 heteroatoms. The average Bonchev–Trinajstić information content (AvgIpc) is 2.57. The van der Waals surface area contributed by atoms with Gasteiger partial charge >= 0.3 is 0 Å². The molecule has 0 fully saturated rings. The summed E-state index contributed by atoms with van der Waals surface area (Å²) in [6, 6.07) is 16.6. The Morgan fingerprint density at radius 3 is 1.81 bits per heavy atom. The van der Waals surface area contributed by atoms with E-state index in [1.54, 1.807) is 0 Å². The van der Waals surface area contributed by atoms with Crippen LogP contribution in [0, 0.1) is 13.8 Å². The first-order valence-corrected chi connectivity index (χ1v) is 10.7. The minimum Gasteiger partial charge on any atom is -0.396 e. The second-order valence-corrected chi connectivity index (χ2v) is 8.08. The van der Waals surface area contributed by atoms with Gasteiger partial charge in [0.2, 0.25) is 0 Å². The molecule has 144 valence electrons. The SMILES string of the molecule is Cc1cccc(CCCO)c1.Cc1cccc(CCCOS(C)(=O)=O)c1. The molecule has 0 saturated carbocycles. The van der Waals surface area contributed by atoms with Gasteiger partial charge in [0.05, 0.1) is 12.9 Å². The number of aliphatic hydroxyl groups excluding tert-OH is 1. The third-order valence-electron chi connectivity index (χ3n) is 3.70. The van der Waals surface area contributed by atoms with Crippen LogP contribution < -0.4 is 0 Å². The normalized spacial score (nSPS) is 10.9. The van der Waals surface area contributed by atoms with E-state index < -0.39 is 10.1 Å². The van der Waals surface area contributed by atoms with Crippen molar-refractivity contribution in [2.75, 3.05) is 19.5 Å². The summed E-state index contributed by atoms with van der Waals surface area (Å²) in [5.74, 6) is 0. The van der Waals surface area contributed by atoms with Gasteiger partial charge in [-0.25, -0.2) is 0 Å². The van der Waals surface area contributed by atoms with Crippen LogP contribution in [0.4, 0.5) is 0 Å². The van der Waals surface area contributed by atoms with Gasteiger partial charge in [-0.15, -0.1) is 0 Å². The fraction of sp³-hybridized carbons (Fsp3) is 0.429. The maximum atomic E-state index is 10.7. The van der Waals surface area contributed by atoms with E-state index in [1.165, 1.54) is 22.3 Å². The molecule has 0 aliphatic heterocycles. The number of hydrogen-bond acceptors (Lipinski definition) is 4. The van der Waals surface area contributed by atoms with Crippen molar-refractivity contribution in [1.29, 1.82) is 0 Å². The third kappa shape index (κ3) is 11.0. The molecule has 2 aromatic carbocycles. The Hall–Kier alpha value is -1.69. The lowest BCUT2D eigenvalue weighted by Crippen LogP contribution is -2.04. The second kappa shape index (κ2) is 11.8. The molecule has 0 aliphatic carbocycles. The zero-order valence-corrected chi connectivity index (χ0v) is 16.8. The number of rotatable bonds is 8. The van der Waals surface area contributed by atoms with Crippen LogP contribution in [0.1, 0.15) is 35.1 Å². The van der Waals surface area contributed by atoms with Gasteiger partial charge in [0.1, 0.15) is 0 Å². The standard InChI is InChI=1S/C11H16O3S.C10H14O/c1-10-5-3-6-11(9-10)7-4-8-14-15(2,12)13;1-9-4-2-5-10(8-9)6-3-7-11/h3,5-6,9H,4,7-8H2,1-2H3;2,4-5,8,11H,3,6-7H2,1H3. The van der Waals surface area contributed by atoms with Gasteiger partial charge in [-0.3, -0.25) is 4.18 Å². The monoisotopic (exact) mass is 378 g/mol. The third-order valence-corrected chi connectivity index (χ3v) is 4.29. The van der Waals surface area contributed by atoms with Crippen LogP contribution in [0.5, 0.6) is 0 Å². The topological polar surface area (TPSA) is 63.6 Å². The van der Waals surface area contributed by atoms with E-state index in [-0.39, 0.29) is 13.2 Å². The summed E-state index contributed by atoms with van der Waals surface area (Å²) in [4.78, 5) is 0. The Labute approximate surface area is 158 Å². The zero-order valence-electron chi connectivity index (χ0n) is 15.9. The minimum absolute atomic E-state index is 0.257. The molecule has 0 amide bonds. The van der Waals surface area contributed by atoms with Crippen LogP contribution in [-0.4, -0.2) is 33.0 Å². The molecule has 0 spiro atoms. The quantitative estimate of drug-likeness (QED) is 0.560. The molecule has 0 atom stereocenters. The highest BCUT2D eigenvalue weighted by Crippen LogP contribution is 2.07. The fourth-order valence-corrected chi connectivity index (χ4v) is 2.93. The highest BCUT2D eigenvalue weighted by Gasteiger charge is 2.01. The summed E-state index contributed by atoms with van der Waals surface area (Å²) in [5, 5.41) is 8.60. The lowest BCUT2D eigenvalue weighted by atomic mass is 10.1. The van der Waals surface area contributed by atoms with E-state index >= 15 is 0 Å². The number of aryl methyl sites for hydroxylation is 4. The maximum Gasteiger partial charge on any atom is 0.264 e. The highest BCUT2D eigenvalue weighted by molar-refractivity contribution is 7.85. The van der Waals surface area contributed by atoms with Crippen molar-refractivity contribution in [2.24, 2.45) is 0 Å². The first kappa shape index (κ1) is 22.4. The van der Waals surface area contributed by atoms with E-state index in [9.17, 15) is 8.42 Å². The van der Waals surface area contributed by atoms with Gasteiger partial charge < -0.3 is 5.11 Å². The molecule has 0 radical (unpaired) electrons. The molecular weight excluding hydrogens is 348 g/mol. The van der Waals surface area contributed by atoms with Gasteiger partial charge in [0, 0.05) is 6.61 Å².